The number of aromatic nitrogens is 2. The first-order valence-electron chi connectivity index (χ1n) is 7.13. The van der Waals surface area contributed by atoms with Gasteiger partial charge in [-0.2, -0.15) is 4.98 Å². The monoisotopic (exact) mass is 270 g/mol. The Kier molecular flexibility index (Phi) is 4.93. The molecule has 0 fully saturated rings. The predicted molar refractivity (Wildman–Crippen MR) is 84.6 cm³/mol. The molecule has 0 unspecified atom stereocenters. The topological polar surface area (TPSA) is 49.8 Å². The first kappa shape index (κ1) is 14.3. The molecule has 1 aromatic carbocycles. The van der Waals surface area contributed by atoms with Gasteiger partial charge in [0.05, 0.1) is 0 Å². The zero-order chi connectivity index (χ0) is 14.4. The summed E-state index contributed by atoms with van der Waals surface area (Å²) in [5, 5.41) is 6.51. The van der Waals surface area contributed by atoms with Crippen LogP contribution in [0.25, 0.3) is 0 Å². The molecule has 0 amide bonds. The van der Waals surface area contributed by atoms with Gasteiger partial charge in [-0.05, 0) is 36.1 Å². The van der Waals surface area contributed by atoms with Gasteiger partial charge in [0.15, 0.2) is 0 Å². The van der Waals surface area contributed by atoms with Gasteiger partial charge in [-0.1, -0.05) is 32.9 Å². The molecule has 2 rings (SSSR count). The Morgan fingerprint density at radius 1 is 1.20 bits per heavy atom. The molecule has 0 atom stereocenters. The normalized spacial score (nSPS) is 10.6. The third-order valence-electron chi connectivity index (χ3n) is 3.01. The summed E-state index contributed by atoms with van der Waals surface area (Å²) in [4.78, 5) is 8.65. The molecule has 20 heavy (non-hydrogen) atoms. The molecule has 0 aliphatic heterocycles. The van der Waals surface area contributed by atoms with Crippen LogP contribution < -0.4 is 10.6 Å². The number of hydrogen-bond acceptors (Lipinski definition) is 4. The van der Waals surface area contributed by atoms with Crippen molar-refractivity contribution in [3.8, 4) is 0 Å². The fourth-order valence-corrected chi connectivity index (χ4v) is 1.87. The molecule has 2 aromatic rings. The molecular weight excluding hydrogens is 248 g/mol. The molecule has 0 aliphatic carbocycles. The molecule has 0 spiro atoms. The number of nitrogens with zero attached hydrogens (tertiary/aromatic N) is 2. The maximum Gasteiger partial charge on any atom is 0.224 e. The summed E-state index contributed by atoms with van der Waals surface area (Å²) in [5.74, 6) is 1.99. The van der Waals surface area contributed by atoms with E-state index in [4.69, 9.17) is 0 Å². The van der Waals surface area contributed by atoms with Gasteiger partial charge in [0.25, 0.3) is 0 Å². The number of benzene rings is 1. The van der Waals surface area contributed by atoms with Crippen molar-refractivity contribution in [2.75, 3.05) is 17.2 Å². The molecule has 0 saturated carbocycles. The summed E-state index contributed by atoms with van der Waals surface area (Å²) in [7, 11) is 0. The van der Waals surface area contributed by atoms with Crippen LogP contribution in [0.4, 0.5) is 17.5 Å². The van der Waals surface area contributed by atoms with E-state index in [9.17, 15) is 0 Å². The van der Waals surface area contributed by atoms with Gasteiger partial charge < -0.3 is 10.6 Å². The standard InChI is InChI=1S/C16H22N4/c1-4-9-17-16-18-10-8-15(20-16)19-14-7-5-6-13(11-14)12(2)3/h5-8,10-12H,4,9H2,1-3H3,(H2,17,18,19,20). The van der Waals surface area contributed by atoms with Crippen LogP contribution in [0.15, 0.2) is 36.5 Å². The molecule has 4 heteroatoms. The summed E-state index contributed by atoms with van der Waals surface area (Å²) in [6, 6.07) is 10.3. The average molecular weight is 270 g/mol. The SMILES string of the molecule is CCCNc1nccc(Nc2cccc(C(C)C)c2)n1. The molecular formula is C16H22N4. The Bertz CT molecular complexity index is 552. The maximum atomic E-state index is 4.45. The fourth-order valence-electron chi connectivity index (χ4n) is 1.87. The molecule has 1 heterocycles. The Balaban J connectivity index is 2.11. The van der Waals surface area contributed by atoms with Crippen LogP contribution in [-0.4, -0.2) is 16.5 Å². The van der Waals surface area contributed by atoms with Crippen LogP contribution in [0.2, 0.25) is 0 Å². The Hall–Kier alpha value is -2.10. The Morgan fingerprint density at radius 2 is 2.05 bits per heavy atom. The number of anilines is 3. The highest BCUT2D eigenvalue weighted by molar-refractivity contribution is 5.58. The van der Waals surface area contributed by atoms with Crippen molar-refractivity contribution < 1.29 is 0 Å². The molecule has 0 aliphatic rings. The van der Waals surface area contributed by atoms with Crippen LogP contribution in [0.5, 0.6) is 0 Å². The lowest BCUT2D eigenvalue weighted by Crippen LogP contribution is -2.05. The van der Waals surface area contributed by atoms with Crippen LogP contribution in [-0.2, 0) is 0 Å². The fraction of sp³-hybridized carbons (Fsp3) is 0.375. The van der Waals surface area contributed by atoms with Crippen LogP contribution in [0, 0.1) is 0 Å². The van der Waals surface area contributed by atoms with Gasteiger partial charge in [0.1, 0.15) is 5.82 Å². The van der Waals surface area contributed by atoms with E-state index < -0.39 is 0 Å². The van der Waals surface area contributed by atoms with Crippen molar-refractivity contribution in [3.05, 3.63) is 42.1 Å². The minimum absolute atomic E-state index is 0.518. The second-order valence-electron chi connectivity index (χ2n) is 5.10. The second kappa shape index (κ2) is 6.89. The van der Waals surface area contributed by atoms with E-state index in [-0.39, 0.29) is 0 Å². The van der Waals surface area contributed by atoms with Gasteiger partial charge in [-0.25, -0.2) is 4.98 Å². The van der Waals surface area contributed by atoms with Gasteiger partial charge >= 0.3 is 0 Å². The third-order valence-corrected chi connectivity index (χ3v) is 3.01. The first-order valence-corrected chi connectivity index (χ1v) is 7.13. The van der Waals surface area contributed by atoms with Crippen molar-refractivity contribution in [1.29, 1.82) is 0 Å². The highest BCUT2D eigenvalue weighted by Gasteiger charge is 2.02. The van der Waals surface area contributed by atoms with E-state index in [1.54, 1.807) is 6.20 Å². The zero-order valence-corrected chi connectivity index (χ0v) is 12.4. The van der Waals surface area contributed by atoms with Gasteiger partial charge in [0.2, 0.25) is 5.95 Å². The summed E-state index contributed by atoms with van der Waals surface area (Å²) in [6.45, 7) is 7.38. The summed E-state index contributed by atoms with van der Waals surface area (Å²) >= 11 is 0. The smallest absolute Gasteiger partial charge is 0.224 e. The molecule has 1 aromatic heterocycles. The van der Waals surface area contributed by atoms with E-state index in [2.05, 4.69) is 59.6 Å². The largest absolute Gasteiger partial charge is 0.354 e. The number of hydrogen-bond donors (Lipinski definition) is 2. The lowest BCUT2D eigenvalue weighted by Gasteiger charge is -2.10. The number of rotatable bonds is 6. The molecule has 0 radical (unpaired) electrons. The minimum atomic E-state index is 0.518. The summed E-state index contributed by atoms with van der Waals surface area (Å²) in [5.41, 5.74) is 2.37. The molecule has 106 valence electrons. The lowest BCUT2D eigenvalue weighted by atomic mass is 10.0. The molecule has 0 saturated heterocycles. The quantitative estimate of drug-likeness (QED) is 0.827. The molecule has 0 bridgehead atoms. The highest BCUT2D eigenvalue weighted by Crippen LogP contribution is 2.21. The minimum Gasteiger partial charge on any atom is -0.354 e. The average Bonchev–Trinajstić information content (AvgIpc) is 2.46. The van der Waals surface area contributed by atoms with Gasteiger partial charge in [0, 0.05) is 18.4 Å². The first-order chi connectivity index (χ1) is 9.69. The van der Waals surface area contributed by atoms with Gasteiger partial charge in [-0.3, -0.25) is 0 Å². The van der Waals surface area contributed by atoms with E-state index in [0.717, 1.165) is 24.5 Å². The van der Waals surface area contributed by atoms with E-state index in [1.165, 1.54) is 5.56 Å². The Labute approximate surface area is 120 Å². The van der Waals surface area contributed by atoms with Crippen LogP contribution in [0.3, 0.4) is 0 Å². The van der Waals surface area contributed by atoms with Crippen molar-refractivity contribution in [3.63, 3.8) is 0 Å². The Morgan fingerprint density at radius 3 is 2.80 bits per heavy atom. The highest BCUT2D eigenvalue weighted by atomic mass is 15.1. The number of nitrogens with one attached hydrogen (secondary N) is 2. The van der Waals surface area contributed by atoms with E-state index in [1.807, 2.05) is 12.1 Å². The third kappa shape index (κ3) is 3.95. The van der Waals surface area contributed by atoms with Crippen molar-refractivity contribution in [1.82, 2.24) is 9.97 Å². The van der Waals surface area contributed by atoms with E-state index in [0.29, 0.717) is 11.9 Å². The van der Waals surface area contributed by atoms with Crippen molar-refractivity contribution in [2.45, 2.75) is 33.1 Å². The second-order valence-corrected chi connectivity index (χ2v) is 5.10. The zero-order valence-electron chi connectivity index (χ0n) is 12.4. The lowest BCUT2D eigenvalue weighted by molar-refractivity contribution is 0.867. The molecule has 2 N–H and O–H groups in total. The van der Waals surface area contributed by atoms with E-state index >= 15 is 0 Å². The van der Waals surface area contributed by atoms with Crippen LogP contribution >= 0.6 is 0 Å². The van der Waals surface area contributed by atoms with Crippen molar-refractivity contribution in [2.24, 2.45) is 0 Å². The maximum absolute atomic E-state index is 4.45. The van der Waals surface area contributed by atoms with Gasteiger partial charge in [-0.15, -0.1) is 0 Å². The van der Waals surface area contributed by atoms with Crippen LogP contribution in [0.1, 0.15) is 38.7 Å². The summed E-state index contributed by atoms with van der Waals surface area (Å²) in [6.07, 6.45) is 2.82. The van der Waals surface area contributed by atoms with Crippen molar-refractivity contribution >= 4 is 17.5 Å². The summed E-state index contributed by atoms with van der Waals surface area (Å²) < 4.78 is 0. The molecule has 4 nitrogen and oxygen atoms in total. The predicted octanol–water partition coefficient (Wildman–Crippen LogP) is 4.17.